The van der Waals surface area contributed by atoms with Gasteiger partial charge in [0.1, 0.15) is 11.5 Å². The first-order chi connectivity index (χ1) is 12.5. The molecule has 0 saturated heterocycles. The van der Waals surface area contributed by atoms with E-state index in [1.807, 2.05) is 4.72 Å². The smallest absolute Gasteiger partial charge is 0.512 e. The minimum absolute atomic E-state index is 0.00997. The Balaban J connectivity index is 2.89. The maximum absolute atomic E-state index is 12.3. The fourth-order valence-corrected chi connectivity index (χ4v) is 2.94. The minimum atomic E-state index is -3.96. The maximum atomic E-state index is 12.3. The number of sulfonamides is 1. The third-order valence-corrected chi connectivity index (χ3v) is 4.24. The SMILES string of the molecule is CC(=O)OCCCS(=O)(=O)NC(=O)c1ccc(OB(O)O)cc1OC(C)C. The highest BCUT2D eigenvalue weighted by Crippen LogP contribution is 2.26. The zero-order valence-electron chi connectivity index (χ0n) is 15.2. The second kappa shape index (κ2) is 10.1. The number of ether oxygens (including phenoxy) is 2. The van der Waals surface area contributed by atoms with Crippen molar-refractivity contribution < 1.29 is 42.2 Å². The lowest BCUT2D eigenvalue weighted by Gasteiger charge is -2.16. The topological polar surface area (TPSA) is 148 Å². The fourth-order valence-electron chi connectivity index (χ4n) is 1.95. The molecule has 0 spiro atoms. The molecule has 12 heteroatoms. The van der Waals surface area contributed by atoms with Crippen LogP contribution in [-0.2, 0) is 19.6 Å². The Kier molecular flexibility index (Phi) is 8.54. The molecule has 10 nitrogen and oxygen atoms in total. The molecule has 0 atom stereocenters. The molecule has 27 heavy (non-hydrogen) atoms. The normalized spacial score (nSPS) is 11.0. The minimum Gasteiger partial charge on any atom is -0.512 e. The van der Waals surface area contributed by atoms with E-state index in [-0.39, 0.29) is 36.2 Å². The molecule has 0 heterocycles. The van der Waals surface area contributed by atoms with E-state index in [4.69, 9.17) is 19.4 Å². The van der Waals surface area contributed by atoms with Crippen LogP contribution in [-0.4, -0.2) is 56.1 Å². The van der Waals surface area contributed by atoms with Gasteiger partial charge in [-0.15, -0.1) is 0 Å². The quantitative estimate of drug-likeness (QED) is 0.275. The van der Waals surface area contributed by atoms with Crippen LogP contribution >= 0.6 is 0 Å². The predicted octanol–water partition coefficient (Wildman–Crippen LogP) is -0.165. The molecule has 150 valence electrons. The number of nitrogens with one attached hydrogen (secondary N) is 1. The number of hydrogen-bond acceptors (Lipinski definition) is 9. The molecule has 0 aliphatic rings. The fraction of sp³-hybridized carbons (Fsp3) is 0.467. The summed E-state index contributed by atoms with van der Waals surface area (Å²) in [7, 11) is -6.02. The summed E-state index contributed by atoms with van der Waals surface area (Å²) in [6, 6.07) is 3.73. The van der Waals surface area contributed by atoms with Crippen molar-refractivity contribution in [1.29, 1.82) is 0 Å². The third kappa shape index (κ3) is 8.75. The Morgan fingerprint density at radius 3 is 2.48 bits per heavy atom. The number of carbonyl (C=O) groups is 2. The molecule has 0 bridgehead atoms. The molecule has 0 aliphatic heterocycles. The van der Waals surface area contributed by atoms with Crippen molar-refractivity contribution in [3.05, 3.63) is 23.8 Å². The van der Waals surface area contributed by atoms with Crippen molar-refractivity contribution >= 4 is 29.2 Å². The van der Waals surface area contributed by atoms with Crippen LogP contribution in [0.25, 0.3) is 0 Å². The lowest BCUT2D eigenvalue weighted by atomic mass is 10.1. The standard InChI is InChI=1S/C15H22BNO9S/c1-10(2)25-14-9-12(26-16(20)21)5-6-13(14)15(19)17-27(22,23)8-4-7-24-11(3)18/h5-6,9-10,20-21H,4,7-8H2,1-3H3,(H,17,19). The van der Waals surface area contributed by atoms with Crippen molar-refractivity contribution in [2.45, 2.75) is 33.3 Å². The predicted molar refractivity (Wildman–Crippen MR) is 95.5 cm³/mol. The van der Waals surface area contributed by atoms with Crippen molar-refractivity contribution in [3.63, 3.8) is 0 Å². The Bertz CT molecular complexity index is 765. The summed E-state index contributed by atoms with van der Waals surface area (Å²) in [5.41, 5.74) is -0.0768. The van der Waals surface area contributed by atoms with E-state index in [1.54, 1.807) is 13.8 Å². The number of hydrogen-bond donors (Lipinski definition) is 3. The van der Waals surface area contributed by atoms with Crippen LogP contribution in [0, 0.1) is 0 Å². The molecule has 0 aromatic heterocycles. The van der Waals surface area contributed by atoms with E-state index >= 15 is 0 Å². The van der Waals surface area contributed by atoms with Crippen molar-refractivity contribution in [1.82, 2.24) is 4.72 Å². The van der Waals surface area contributed by atoms with Crippen LogP contribution in [0.2, 0.25) is 0 Å². The molecule has 1 rings (SSSR count). The van der Waals surface area contributed by atoms with Crippen LogP contribution in [0.1, 0.15) is 37.6 Å². The highest BCUT2D eigenvalue weighted by molar-refractivity contribution is 7.90. The second-order valence-corrected chi connectivity index (χ2v) is 7.55. The van der Waals surface area contributed by atoms with Gasteiger partial charge in [0.25, 0.3) is 5.91 Å². The summed E-state index contributed by atoms with van der Waals surface area (Å²) in [6.07, 6.45) is -0.315. The molecular weight excluding hydrogens is 381 g/mol. The van der Waals surface area contributed by atoms with Gasteiger partial charge in [-0.3, -0.25) is 9.59 Å². The molecule has 3 N–H and O–H groups in total. The number of carbonyl (C=O) groups excluding carboxylic acids is 2. The molecular formula is C15H22BNO9S. The summed E-state index contributed by atoms with van der Waals surface area (Å²) in [5.74, 6) is -1.83. The molecule has 0 fully saturated rings. The molecule has 1 aromatic rings. The lowest BCUT2D eigenvalue weighted by molar-refractivity contribution is -0.140. The van der Waals surface area contributed by atoms with E-state index in [9.17, 15) is 18.0 Å². The zero-order chi connectivity index (χ0) is 20.6. The van der Waals surface area contributed by atoms with E-state index < -0.39 is 35.0 Å². The van der Waals surface area contributed by atoms with Gasteiger partial charge in [0.05, 0.1) is 24.0 Å². The van der Waals surface area contributed by atoms with Crippen LogP contribution in [0.15, 0.2) is 18.2 Å². The van der Waals surface area contributed by atoms with Gasteiger partial charge in [0.2, 0.25) is 10.0 Å². The summed E-state index contributed by atoms with van der Waals surface area (Å²) in [4.78, 5) is 23.0. The monoisotopic (exact) mass is 403 g/mol. The van der Waals surface area contributed by atoms with Crippen LogP contribution in [0.3, 0.4) is 0 Å². The van der Waals surface area contributed by atoms with Crippen molar-refractivity contribution in [2.24, 2.45) is 0 Å². The van der Waals surface area contributed by atoms with Gasteiger partial charge in [0, 0.05) is 13.0 Å². The zero-order valence-corrected chi connectivity index (χ0v) is 16.0. The highest BCUT2D eigenvalue weighted by atomic mass is 32.2. The van der Waals surface area contributed by atoms with Gasteiger partial charge in [-0.05, 0) is 32.4 Å². The number of benzene rings is 1. The molecule has 1 amide bonds. The van der Waals surface area contributed by atoms with E-state index in [0.29, 0.717) is 0 Å². The van der Waals surface area contributed by atoms with E-state index in [2.05, 4.69) is 4.74 Å². The third-order valence-electron chi connectivity index (χ3n) is 2.91. The van der Waals surface area contributed by atoms with Gasteiger partial charge >= 0.3 is 13.3 Å². The Morgan fingerprint density at radius 1 is 1.26 bits per heavy atom. The van der Waals surface area contributed by atoms with Gasteiger partial charge < -0.3 is 24.2 Å². The number of rotatable bonds is 10. The summed E-state index contributed by atoms with van der Waals surface area (Å²) >= 11 is 0. The molecule has 1 aromatic carbocycles. The molecule has 0 saturated carbocycles. The average molecular weight is 403 g/mol. The largest absolute Gasteiger partial charge is 0.707 e. The molecule has 0 radical (unpaired) electrons. The van der Waals surface area contributed by atoms with Gasteiger partial charge in [-0.1, -0.05) is 0 Å². The Hall–Kier alpha value is -2.31. The van der Waals surface area contributed by atoms with E-state index in [0.717, 1.165) is 0 Å². The first-order valence-corrected chi connectivity index (χ1v) is 9.67. The van der Waals surface area contributed by atoms with Gasteiger partial charge in [0.15, 0.2) is 0 Å². The van der Waals surface area contributed by atoms with Gasteiger partial charge in [-0.25, -0.2) is 13.1 Å². The first-order valence-electron chi connectivity index (χ1n) is 8.02. The Morgan fingerprint density at radius 2 is 1.93 bits per heavy atom. The summed E-state index contributed by atoms with van der Waals surface area (Å²) in [5, 5.41) is 17.7. The maximum Gasteiger partial charge on any atom is 0.707 e. The van der Waals surface area contributed by atoms with Gasteiger partial charge in [-0.2, -0.15) is 0 Å². The molecule has 0 aliphatic carbocycles. The Labute approximate surface area is 157 Å². The lowest BCUT2D eigenvalue weighted by Crippen LogP contribution is -2.33. The van der Waals surface area contributed by atoms with Crippen LogP contribution in [0.4, 0.5) is 0 Å². The van der Waals surface area contributed by atoms with Crippen molar-refractivity contribution in [2.75, 3.05) is 12.4 Å². The van der Waals surface area contributed by atoms with E-state index in [1.165, 1.54) is 25.1 Å². The summed E-state index contributed by atoms with van der Waals surface area (Å²) in [6.45, 7) is 4.51. The average Bonchev–Trinajstić information content (AvgIpc) is 2.50. The summed E-state index contributed by atoms with van der Waals surface area (Å²) < 4.78 is 40.7. The van der Waals surface area contributed by atoms with Crippen LogP contribution in [0.5, 0.6) is 11.5 Å². The van der Waals surface area contributed by atoms with Crippen molar-refractivity contribution in [3.8, 4) is 11.5 Å². The second-order valence-electron chi connectivity index (χ2n) is 5.71. The highest BCUT2D eigenvalue weighted by Gasteiger charge is 2.21. The molecule has 0 unspecified atom stereocenters. The number of amides is 1. The van der Waals surface area contributed by atoms with Crippen LogP contribution < -0.4 is 14.1 Å². The first kappa shape index (κ1) is 22.7. The number of esters is 1.